The number of alkyl halides is 1. The molecule has 1 heterocycles. The lowest BCUT2D eigenvalue weighted by atomic mass is 9.79. The molecular formula is C21H32INO4Si. The van der Waals surface area contributed by atoms with Crippen molar-refractivity contribution in [3.8, 4) is 0 Å². The van der Waals surface area contributed by atoms with E-state index in [9.17, 15) is 9.59 Å². The van der Waals surface area contributed by atoms with Gasteiger partial charge in [-0.2, -0.15) is 0 Å². The fourth-order valence-electron chi connectivity index (χ4n) is 3.10. The van der Waals surface area contributed by atoms with Gasteiger partial charge < -0.3 is 14.5 Å². The van der Waals surface area contributed by atoms with E-state index in [0.29, 0.717) is 0 Å². The van der Waals surface area contributed by atoms with Gasteiger partial charge in [-0.05, 0) is 54.6 Å². The number of amides is 1. The zero-order chi connectivity index (χ0) is 21.3. The Kier molecular flexibility index (Phi) is 7.36. The number of hydrogen-bond donors (Lipinski definition) is 1. The van der Waals surface area contributed by atoms with Gasteiger partial charge in [-0.25, -0.2) is 0 Å². The molecule has 1 N–H and O–H groups in total. The number of hydrogen-bond acceptors (Lipinski definition) is 4. The molecule has 7 heteroatoms. The second kappa shape index (κ2) is 8.83. The van der Waals surface area contributed by atoms with Crippen LogP contribution < -0.4 is 5.32 Å². The number of rotatable bonds is 7. The largest absolute Gasteiger partial charge is 0.446 e. The summed E-state index contributed by atoms with van der Waals surface area (Å²) in [6.45, 7) is 14.6. The van der Waals surface area contributed by atoms with Crippen LogP contribution in [0.5, 0.6) is 0 Å². The molecule has 0 aliphatic carbocycles. The first-order chi connectivity index (χ1) is 12.8. The lowest BCUT2D eigenvalue weighted by molar-refractivity contribution is -0.156. The molecular weight excluding hydrogens is 485 g/mol. The van der Waals surface area contributed by atoms with Gasteiger partial charge in [0.2, 0.25) is 5.91 Å². The summed E-state index contributed by atoms with van der Waals surface area (Å²) in [5.41, 5.74) is 0.937. The highest BCUT2D eigenvalue weighted by molar-refractivity contribution is 14.1. The van der Waals surface area contributed by atoms with Crippen LogP contribution in [0, 0.1) is 11.8 Å². The average molecular weight is 517 g/mol. The van der Waals surface area contributed by atoms with Crippen molar-refractivity contribution in [3.63, 3.8) is 0 Å². The number of carbonyl (C=O) groups is 2. The number of esters is 1. The molecule has 1 aliphatic heterocycles. The molecule has 0 saturated carbocycles. The summed E-state index contributed by atoms with van der Waals surface area (Å²) in [6.07, 6.45) is -0.237. The molecule has 0 radical (unpaired) electrons. The quantitative estimate of drug-likeness (QED) is 0.185. The maximum absolute atomic E-state index is 12.7. The predicted octanol–water partition coefficient (Wildman–Crippen LogP) is 4.82. The van der Waals surface area contributed by atoms with Crippen LogP contribution in [0.15, 0.2) is 30.3 Å². The Bertz CT molecular complexity index is 704. The van der Waals surface area contributed by atoms with Crippen molar-refractivity contribution in [1.29, 1.82) is 0 Å². The fraction of sp³-hybridized carbons (Fsp3) is 0.619. The Hall–Kier alpha value is -0.933. The van der Waals surface area contributed by atoms with Crippen LogP contribution in [0.2, 0.25) is 18.1 Å². The Morgan fingerprint density at radius 2 is 1.75 bits per heavy atom. The van der Waals surface area contributed by atoms with E-state index < -0.39 is 14.2 Å². The maximum atomic E-state index is 12.7. The highest BCUT2D eigenvalue weighted by Gasteiger charge is 2.50. The molecule has 1 aromatic carbocycles. The molecule has 5 atom stereocenters. The third-order valence-electron chi connectivity index (χ3n) is 5.98. The van der Waals surface area contributed by atoms with Crippen LogP contribution in [-0.2, 0) is 18.8 Å². The van der Waals surface area contributed by atoms with E-state index in [1.807, 2.05) is 44.2 Å². The van der Waals surface area contributed by atoms with E-state index in [4.69, 9.17) is 9.16 Å². The van der Waals surface area contributed by atoms with Gasteiger partial charge >= 0.3 is 5.97 Å². The first-order valence-corrected chi connectivity index (χ1v) is 13.9. The molecule has 1 amide bonds. The van der Waals surface area contributed by atoms with Crippen molar-refractivity contribution in [1.82, 2.24) is 5.32 Å². The first kappa shape index (κ1) is 23.3. The molecule has 1 fully saturated rings. The molecule has 156 valence electrons. The van der Waals surface area contributed by atoms with Crippen LogP contribution in [-0.4, -0.2) is 32.3 Å². The monoisotopic (exact) mass is 517 g/mol. The van der Waals surface area contributed by atoms with Crippen LogP contribution in [0.4, 0.5) is 0 Å². The number of nitrogens with one attached hydrogen (secondary N) is 1. The molecule has 0 aromatic heterocycles. The van der Waals surface area contributed by atoms with E-state index >= 15 is 0 Å². The molecule has 1 saturated heterocycles. The lowest BCUT2D eigenvalue weighted by Crippen LogP contribution is -2.66. The maximum Gasteiger partial charge on any atom is 0.312 e. The normalized spacial score (nSPS) is 23.2. The summed E-state index contributed by atoms with van der Waals surface area (Å²) < 4.78 is 11.7. The Morgan fingerprint density at radius 3 is 2.25 bits per heavy atom. The van der Waals surface area contributed by atoms with Gasteiger partial charge in [0.25, 0.3) is 0 Å². The fourth-order valence-corrected chi connectivity index (χ4v) is 5.20. The third kappa shape index (κ3) is 5.16. The van der Waals surface area contributed by atoms with Crippen LogP contribution >= 0.6 is 22.6 Å². The number of β-lactam (4-membered cyclic amide) rings is 1. The smallest absolute Gasteiger partial charge is 0.312 e. The molecule has 1 unspecified atom stereocenters. The van der Waals surface area contributed by atoms with Gasteiger partial charge in [-0.15, -0.1) is 0 Å². The molecule has 1 aromatic rings. The highest BCUT2D eigenvalue weighted by Crippen LogP contribution is 2.39. The molecule has 0 spiro atoms. The minimum atomic E-state index is -2.00. The summed E-state index contributed by atoms with van der Waals surface area (Å²) in [6, 6.07) is 9.35. The highest BCUT2D eigenvalue weighted by atomic mass is 127. The van der Waals surface area contributed by atoms with E-state index in [2.05, 4.69) is 61.8 Å². The van der Waals surface area contributed by atoms with Crippen molar-refractivity contribution in [2.75, 3.05) is 0 Å². The summed E-state index contributed by atoms with van der Waals surface area (Å²) in [4.78, 5) is 24.9. The minimum Gasteiger partial charge on any atom is -0.446 e. The molecule has 0 bridgehead atoms. The average Bonchev–Trinajstić information content (AvgIpc) is 2.57. The standard InChI is InChI=1S/C21H32INO4Si/c1-13(20(25)26-18(22)15-11-9-8-10-12-15)17-16(19(24)23-17)14(2)27-28(6,7)21(3,4)5/h8-14,16-18H,1-7H3,(H,23,24)/t13-,14+,16+,17+,18?/m0/s1. The Balaban J connectivity index is 2.01. The minimum absolute atomic E-state index is 0.0510. The zero-order valence-electron chi connectivity index (χ0n) is 17.8. The molecule has 1 aliphatic rings. The second-order valence-corrected chi connectivity index (χ2v) is 15.0. The summed E-state index contributed by atoms with van der Waals surface area (Å²) in [7, 11) is -2.00. The van der Waals surface area contributed by atoms with Crippen LogP contribution in [0.1, 0.15) is 44.3 Å². The number of halogens is 1. The van der Waals surface area contributed by atoms with Gasteiger partial charge in [0.05, 0.1) is 24.0 Å². The topological polar surface area (TPSA) is 64.6 Å². The van der Waals surface area contributed by atoms with E-state index in [-0.39, 0.29) is 39.1 Å². The number of benzene rings is 1. The van der Waals surface area contributed by atoms with Gasteiger partial charge in [0.15, 0.2) is 12.4 Å². The molecule has 2 rings (SSSR count). The van der Waals surface area contributed by atoms with E-state index in [0.717, 1.165) is 5.56 Å². The van der Waals surface area contributed by atoms with Crippen LogP contribution in [0.3, 0.4) is 0 Å². The Morgan fingerprint density at radius 1 is 1.18 bits per heavy atom. The predicted molar refractivity (Wildman–Crippen MR) is 122 cm³/mol. The lowest BCUT2D eigenvalue weighted by Gasteiger charge is -2.46. The second-order valence-electron chi connectivity index (χ2n) is 9.10. The molecule has 5 nitrogen and oxygen atoms in total. The van der Waals surface area contributed by atoms with Crippen molar-refractivity contribution >= 4 is 42.8 Å². The molecule has 28 heavy (non-hydrogen) atoms. The Labute approximate surface area is 183 Å². The van der Waals surface area contributed by atoms with Crippen molar-refractivity contribution in [2.45, 2.75) is 69.0 Å². The van der Waals surface area contributed by atoms with Crippen LogP contribution in [0.25, 0.3) is 0 Å². The van der Waals surface area contributed by atoms with E-state index in [1.54, 1.807) is 0 Å². The van der Waals surface area contributed by atoms with Gasteiger partial charge in [-0.1, -0.05) is 51.1 Å². The number of carbonyl (C=O) groups excluding carboxylic acids is 2. The first-order valence-electron chi connectivity index (χ1n) is 9.73. The van der Waals surface area contributed by atoms with Crippen molar-refractivity contribution < 1.29 is 18.8 Å². The van der Waals surface area contributed by atoms with Crippen molar-refractivity contribution in [2.24, 2.45) is 11.8 Å². The number of ether oxygens (including phenoxy) is 1. The van der Waals surface area contributed by atoms with Gasteiger partial charge in [0.1, 0.15) is 0 Å². The summed E-state index contributed by atoms with van der Waals surface area (Å²) >= 11 is 2.11. The zero-order valence-corrected chi connectivity index (χ0v) is 20.9. The SMILES string of the molecule is C[C@H](C(=O)OC(I)c1ccccc1)[C@H]1NC(=O)[C@@H]1[C@@H](C)O[Si](C)(C)C(C)(C)C. The van der Waals surface area contributed by atoms with E-state index in [1.165, 1.54) is 0 Å². The van der Waals surface area contributed by atoms with Gasteiger partial charge in [-0.3, -0.25) is 9.59 Å². The van der Waals surface area contributed by atoms with Crippen molar-refractivity contribution in [3.05, 3.63) is 35.9 Å². The van der Waals surface area contributed by atoms with Gasteiger partial charge in [0, 0.05) is 5.56 Å². The summed E-state index contributed by atoms with van der Waals surface area (Å²) in [5, 5.41) is 2.95. The third-order valence-corrected chi connectivity index (χ3v) is 11.5. The summed E-state index contributed by atoms with van der Waals surface area (Å²) in [5.74, 6) is -1.13.